The standard InChI is InChI=1S/C11H15N3O/c1-3-6-14-7-9(12)11(13-14)10-5-4-8(2)15-10/h4-5,7H,3,6,12H2,1-2H3. The van der Waals surface area contributed by atoms with Crippen molar-refractivity contribution in [3.63, 3.8) is 0 Å². The van der Waals surface area contributed by atoms with Crippen LogP contribution in [-0.2, 0) is 6.54 Å². The van der Waals surface area contributed by atoms with Gasteiger partial charge < -0.3 is 10.2 Å². The molecule has 0 fully saturated rings. The van der Waals surface area contributed by atoms with E-state index in [2.05, 4.69) is 12.0 Å². The van der Waals surface area contributed by atoms with Gasteiger partial charge in [-0.25, -0.2) is 0 Å². The van der Waals surface area contributed by atoms with Crippen LogP contribution in [0.15, 0.2) is 22.7 Å². The summed E-state index contributed by atoms with van der Waals surface area (Å²) >= 11 is 0. The van der Waals surface area contributed by atoms with Crippen molar-refractivity contribution in [3.05, 3.63) is 24.1 Å². The van der Waals surface area contributed by atoms with E-state index in [0.29, 0.717) is 5.69 Å². The van der Waals surface area contributed by atoms with Gasteiger partial charge in [-0.15, -0.1) is 0 Å². The summed E-state index contributed by atoms with van der Waals surface area (Å²) in [6.45, 7) is 4.89. The minimum atomic E-state index is 0.665. The first-order valence-corrected chi connectivity index (χ1v) is 5.10. The Labute approximate surface area is 88.7 Å². The third kappa shape index (κ3) is 1.88. The lowest BCUT2D eigenvalue weighted by atomic mass is 10.3. The lowest BCUT2D eigenvalue weighted by Crippen LogP contribution is -1.96. The Bertz CT molecular complexity index is 456. The van der Waals surface area contributed by atoms with Crippen LogP contribution in [0.25, 0.3) is 11.5 Å². The molecule has 4 heteroatoms. The summed E-state index contributed by atoms with van der Waals surface area (Å²) in [5.41, 5.74) is 7.27. The normalized spacial score (nSPS) is 10.8. The van der Waals surface area contributed by atoms with Crippen LogP contribution < -0.4 is 5.73 Å². The zero-order chi connectivity index (χ0) is 10.8. The van der Waals surface area contributed by atoms with Gasteiger partial charge in [-0.2, -0.15) is 5.10 Å². The molecule has 0 aliphatic carbocycles. The molecule has 0 bridgehead atoms. The van der Waals surface area contributed by atoms with Crippen LogP contribution in [0, 0.1) is 6.92 Å². The fourth-order valence-electron chi connectivity index (χ4n) is 1.53. The van der Waals surface area contributed by atoms with E-state index in [1.54, 1.807) is 0 Å². The molecule has 0 saturated carbocycles. The van der Waals surface area contributed by atoms with Gasteiger partial charge in [0, 0.05) is 12.7 Å². The van der Waals surface area contributed by atoms with Gasteiger partial charge in [0.15, 0.2) is 11.5 Å². The van der Waals surface area contributed by atoms with Gasteiger partial charge in [0.05, 0.1) is 5.69 Å². The van der Waals surface area contributed by atoms with Crippen LogP contribution in [0.2, 0.25) is 0 Å². The van der Waals surface area contributed by atoms with Crippen molar-refractivity contribution < 1.29 is 4.42 Å². The molecule has 0 atom stereocenters. The highest BCUT2D eigenvalue weighted by Crippen LogP contribution is 2.25. The van der Waals surface area contributed by atoms with E-state index < -0.39 is 0 Å². The molecule has 0 aliphatic heterocycles. The van der Waals surface area contributed by atoms with E-state index in [9.17, 15) is 0 Å². The minimum Gasteiger partial charge on any atom is -0.460 e. The summed E-state index contributed by atoms with van der Waals surface area (Å²) in [4.78, 5) is 0. The Hall–Kier alpha value is -1.71. The molecule has 2 aromatic rings. The fourth-order valence-corrected chi connectivity index (χ4v) is 1.53. The first kappa shape index (κ1) is 9.83. The second kappa shape index (κ2) is 3.81. The molecule has 0 amide bonds. The summed E-state index contributed by atoms with van der Waals surface area (Å²) in [5, 5.41) is 4.38. The average Bonchev–Trinajstić information content (AvgIpc) is 2.73. The zero-order valence-corrected chi connectivity index (χ0v) is 9.03. The number of hydrogen-bond acceptors (Lipinski definition) is 3. The third-order valence-corrected chi connectivity index (χ3v) is 2.22. The number of nitrogen functional groups attached to an aromatic ring is 1. The van der Waals surface area contributed by atoms with Crippen LogP contribution >= 0.6 is 0 Å². The highest BCUT2D eigenvalue weighted by molar-refractivity contribution is 5.67. The van der Waals surface area contributed by atoms with Gasteiger partial charge in [0.25, 0.3) is 0 Å². The maximum atomic E-state index is 5.87. The number of hydrogen-bond donors (Lipinski definition) is 1. The van der Waals surface area contributed by atoms with Crippen LogP contribution in [0.4, 0.5) is 5.69 Å². The van der Waals surface area contributed by atoms with Crippen LogP contribution in [0.5, 0.6) is 0 Å². The van der Waals surface area contributed by atoms with Crippen LogP contribution in [0.3, 0.4) is 0 Å². The molecule has 0 unspecified atom stereocenters. The number of rotatable bonds is 3. The number of nitrogens with two attached hydrogens (primary N) is 1. The average molecular weight is 205 g/mol. The summed E-state index contributed by atoms with van der Waals surface area (Å²) in [7, 11) is 0. The molecule has 2 N–H and O–H groups in total. The Morgan fingerprint density at radius 1 is 1.47 bits per heavy atom. The van der Waals surface area contributed by atoms with Gasteiger partial charge in [-0.05, 0) is 25.5 Å². The lowest BCUT2D eigenvalue weighted by molar-refractivity contribution is 0.541. The Kier molecular flexibility index (Phi) is 2.49. The van der Waals surface area contributed by atoms with E-state index in [1.165, 1.54) is 0 Å². The molecular weight excluding hydrogens is 190 g/mol. The number of aromatic nitrogens is 2. The molecule has 2 heterocycles. The monoisotopic (exact) mass is 205 g/mol. The van der Waals surface area contributed by atoms with Gasteiger partial charge >= 0.3 is 0 Å². The van der Waals surface area contributed by atoms with Crippen LogP contribution in [0.1, 0.15) is 19.1 Å². The maximum Gasteiger partial charge on any atom is 0.156 e. The molecule has 15 heavy (non-hydrogen) atoms. The SMILES string of the molecule is CCCn1cc(N)c(-c2ccc(C)o2)n1. The van der Waals surface area contributed by atoms with E-state index in [4.69, 9.17) is 10.2 Å². The largest absolute Gasteiger partial charge is 0.460 e. The van der Waals surface area contributed by atoms with Crippen molar-refractivity contribution >= 4 is 5.69 Å². The van der Waals surface area contributed by atoms with E-state index in [0.717, 1.165) is 30.2 Å². The first-order chi connectivity index (χ1) is 7.20. The van der Waals surface area contributed by atoms with Gasteiger partial charge in [-0.1, -0.05) is 6.92 Å². The third-order valence-electron chi connectivity index (χ3n) is 2.22. The molecule has 0 radical (unpaired) electrons. The van der Waals surface area contributed by atoms with Crippen LogP contribution in [-0.4, -0.2) is 9.78 Å². The predicted octanol–water partition coefficient (Wildman–Crippen LogP) is 2.44. The number of nitrogens with zero attached hydrogens (tertiary/aromatic N) is 2. The van der Waals surface area contributed by atoms with Crippen molar-refractivity contribution in [3.8, 4) is 11.5 Å². The molecule has 0 aromatic carbocycles. The molecule has 80 valence electrons. The lowest BCUT2D eigenvalue weighted by Gasteiger charge is -1.94. The Balaban J connectivity index is 2.35. The van der Waals surface area contributed by atoms with Crippen molar-refractivity contribution in [2.45, 2.75) is 26.8 Å². The van der Waals surface area contributed by atoms with Crippen molar-refractivity contribution in [2.24, 2.45) is 0 Å². The highest BCUT2D eigenvalue weighted by atomic mass is 16.3. The molecule has 0 saturated heterocycles. The first-order valence-electron chi connectivity index (χ1n) is 5.10. The smallest absolute Gasteiger partial charge is 0.156 e. The topological polar surface area (TPSA) is 57.0 Å². The van der Waals surface area contributed by atoms with E-state index in [-0.39, 0.29) is 0 Å². The summed E-state index contributed by atoms with van der Waals surface area (Å²) < 4.78 is 7.34. The van der Waals surface area contributed by atoms with Crippen molar-refractivity contribution in [1.29, 1.82) is 0 Å². The minimum absolute atomic E-state index is 0.665. The predicted molar refractivity (Wildman–Crippen MR) is 59.4 cm³/mol. The second-order valence-corrected chi connectivity index (χ2v) is 3.61. The van der Waals surface area contributed by atoms with Gasteiger partial charge in [0.2, 0.25) is 0 Å². The number of anilines is 1. The maximum absolute atomic E-state index is 5.87. The van der Waals surface area contributed by atoms with Gasteiger partial charge in [0.1, 0.15) is 5.76 Å². The Morgan fingerprint density at radius 2 is 2.27 bits per heavy atom. The number of aryl methyl sites for hydroxylation is 2. The summed E-state index contributed by atoms with van der Waals surface area (Å²) in [5.74, 6) is 1.61. The van der Waals surface area contributed by atoms with Crippen molar-refractivity contribution in [2.75, 3.05) is 5.73 Å². The molecule has 0 aliphatic rings. The zero-order valence-electron chi connectivity index (χ0n) is 9.03. The molecule has 2 aromatic heterocycles. The number of furan rings is 1. The molecular formula is C11H15N3O. The highest BCUT2D eigenvalue weighted by Gasteiger charge is 2.11. The van der Waals surface area contributed by atoms with Crippen molar-refractivity contribution in [1.82, 2.24) is 9.78 Å². The second-order valence-electron chi connectivity index (χ2n) is 3.61. The quantitative estimate of drug-likeness (QED) is 0.837. The fraction of sp³-hybridized carbons (Fsp3) is 0.364. The summed E-state index contributed by atoms with van der Waals surface area (Å²) in [6.07, 6.45) is 2.88. The summed E-state index contributed by atoms with van der Waals surface area (Å²) in [6, 6.07) is 3.80. The van der Waals surface area contributed by atoms with Gasteiger partial charge in [-0.3, -0.25) is 4.68 Å². The molecule has 0 spiro atoms. The Morgan fingerprint density at radius 3 is 2.87 bits per heavy atom. The molecule has 2 rings (SSSR count). The molecule has 4 nitrogen and oxygen atoms in total. The van der Waals surface area contributed by atoms with E-state index >= 15 is 0 Å². The van der Waals surface area contributed by atoms with E-state index in [1.807, 2.05) is 29.9 Å².